The number of benzene rings is 1. The van der Waals surface area contributed by atoms with Gasteiger partial charge in [-0.1, -0.05) is 0 Å². The Morgan fingerprint density at radius 1 is 1.25 bits per heavy atom. The van der Waals surface area contributed by atoms with E-state index in [4.69, 9.17) is 16.3 Å². The van der Waals surface area contributed by atoms with Gasteiger partial charge < -0.3 is 4.74 Å². The third kappa shape index (κ3) is 2.83. The van der Waals surface area contributed by atoms with Crippen molar-refractivity contribution in [2.24, 2.45) is 0 Å². The fourth-order valence-corrected chi connectivity index (χ4v) is 1.65. The van der Waals surface area contributed by atoms with Crippen molar-refractivity contribution < 1.29 is 14.3 Å². The van der Waals surface area contributed by atoms with Crippen molar-refractivity contribution in [2.45, 2.75) is 20.8 Å². The molecule has 0 saturated heterocycles. The molecule has 3 nitrogen and oxygen atoms in total. The van der Waals surface area contributed by atoms with E-state index in [0.717, 1.165) is 11.1 Å². The molecule has 0 amide bonds. The van der Waals surface area contributed by atoms with E-state index in [1.807, 2.05) is 0 Å². The number of ketones is 1. The Hall–Kier alpha value is -1.35. The van der Waals surface area contributed by atoms with E-state index in [-0.39, 0.29) is 17.6 Å². The van der Waals surface area contributed by atoms with E-state index in [9.17, 15) is 9.59 Å². The van der Waals surface area contributed by atoms with Crippen LogP contribution in [0.5, 0.6) is 5.75 Å². The zero-order valence-electron chi connectivity index (χ0n) is 9.46. The zero-order valence-corrected chi connectivity index (χ0v) is 10.2. The zero-order chi connectivity index (χ0) is 12.3. The maximum atomic E-state index is 11.4. The minimum atomic E-state index is -0.373. The standard InChI is InChI=1S/C12H13ClO3/c1-7-4-10(11(15)6-13)5-8(2)12(7)16-9(3)14/h4-5H,6H2,1-3H3. The van der Waals surface area contributed by atoms with Crippen LogP contribution in [0.25, 0.3) is 0 Å². The van der Waals surface area contributed by atoms with Crippen LogP contribution >= 0.6 is 11.6 Å². The Labute approximate surface area is 99.4 Å². The molecule has 0 N–H and O–H groups in total. The van der Waals surface area contributed by atoms with Crippen molar-refractivity contribution in [3.8, 4) is 5.75 Å². The van der Waals surface area contributed by atoms with Crippen molar-refractivity contribution in [3.05, 3.63) is 28.8 Å². The molecule has 0 aliphatic rings. The second-order valence-corrected chi connectivity index (χ2v) is 3.86. The Morgan fingerprint density at radius 3 is 2.12 bits per heavy atom. The summed E-state index contributed by atoms with van der Waals surface area (Å²) < 4.78 is 5.06. The maximum Gasteiger partial charge on any atom is 0.308 e. The lowest BCUT2D eigenvalue weighted by atomic mass is 10.0. The monoisotopic (exact) mass is 240 g/mol. The Bertz CT molecular complexity index is 415. The molecule has 0 saturated carbocycles. The number of Topliss-reactive ketones (excluding diaryl/α,β-unsaturated/α-hetero) is 1. The van der Waals surface area contributed by atoms with Gasteiger partial charge in [0.05, 0.1) is 5.88 Å². The van der Waals surface area contributed by atoms with Crippen LogP contribution in [-0.4, -0.2) is 17.6 Å². The van der Waals surface area contributed by atoms with Crippen LogP contribution in [0, 0.1) is 13.8 Å². The number of hydrogen-bond donors (Lipinski definition) is 0. The number of aryl methyl sites for hydroxylation is 2. The van der Waals surface area contributed by atoms with Gasteiger partial charge >= 0.3 is 5.97 Å². The molecule has 1 rings (SSSR count). The third-order valence-corrected chi connectivity index (χ3v) is 2.39. The fourth-order valence-electron chi connectivity index (χ4n) is 1.49. The van der Waals surface area contributed by atoms with Gasteiger partial charge in [-0.05, 0) is 37.1 Å². The van der Waals surface area contributed by atoms with Gasteiger partial charge in [0.25, 0.3) is 0 Å². The molecule has 0 radical (unpaired) electrons. The first-order valence-electron chi connectivity index (χ1n) is 4.84. The summed E-state index contributed by atoms with van der Waals surface area (Å²) in [5, 5.41) is 0. The van der Waals surface area contributed by atoms with Gasteiger partial charge in [0, 0.05) is 12.5 Å². The van der Waals surface area contributed by atoms with Crippen molar-refractivity contribution in [1.29, 1.82) is 0 Å². The van der Waals surface area contributed by atoms with Gasteiger partial charge in [0.2, 0.25) is 0 Å². The number of rotatable bonds is 3. The van der Waals surface area contributed by atoms with Crippen LogP contribution in [0.15, 0.2) is 12.1 Å². The average molecular weight is 241 g/mol. The van der Waals surface area contributed by atoms with Crippen LogP contribution < -0.4 is 4.74 Å². The van der Waals surface area contributed by atoms with Crippen molar-refractivity contribution in [2.75, 3.05) is 5.88 Å². The molecule has 0 fully saturated rings. The summed E-state index contributed by atoms with van der Waals surface area (Å²) in [6.45, 7) is 4.92. The maximum absolute atomic E-state index is 11.4. The van der Waals surface area contributed by atoms with E-state index in [2.05, 4.69) is 0 Å². The molecular weight excluding hydrogens is 228 g/mol. The highest BCUT2D eigenvalue weighted by molar-refractivity contribution is 6.30. The number of carbonyl (C=O) groups excluding carboxylic acids is 2. The van der Waals surface area contributed by atoms with Crippen molar-refractivity contribution in [1.82, 2.24) is 0 Å². The molecule has 0 aromatic heterocycles. The number of carbonyl (C=O) groups is 2. The van der Waals surface area contributed by atoms with Crippen LogP contribution in [0.3, 0.4) is 0 Å². The van der Waals surface area contributed by atoms with E-state index in [1.165, 1.54) is 6.92 Å². The highest BCUT2D eigenvalue weighted by atomic mass is 35.5. The number of halogens is 1. The molecule has 0 atom stereocenters. The summed E-state index contributed by atoms with van der Waals surface area (Å²) in [5.41, 5.74) is 2.05. The number of esters is 1. The Kier molecular flexibility index (Phi) is 4.07. The van der Waals surface area contributed by atoms with Crippen LogP contribution in [0.4, 0.5) is 0 Å². The Balaban J connectivity index is 3.17. The van der Waals surface area contributed by atoms with Crippen molar-refractivity contribution >= 4 is 23.4 Å². The van der Waals surface area contributed by atoms with E-state index >= 15 is 0 Å². The summed E-state index contributed by atoms with van der Waals surface area (Å²) in [6, 6.07) is 3.35. The third-order valence-electron chi connectivity index (χ3n) is 2.15. The molecule has 0 aliphatic heterocycles. The summed E-state index contributed by atoms with van der Waals surface area (Å²) >= 11 is 5.48. The smallest absolute Gasteiger partial charge is 0.308 e. The van der Waals surface area contributed by atoms with Gasteiger partial charge in [-0.15, -0.1) is 11.6 Å². The van der Waals surface area contributed by atoms with Crippen LogP contribution in [0.2, 0.25) is 0 Å². The normalized spacial score (nSPS) is 10.0. The number of alkyl halides is 1. The van der Waals surface area contributed by atoms with Crippen LogP contribution in [-0.2, 0) is 4.79 Å². The predicted molar refractivity (Wildman–Crippen MR) is 62.3 cm³/mol. The first-order chi connectivity index (χ1) is 7.45. The number of ether oxygens (including phenoxy) is 1. The molecule has 0 bridgehead atoms. The van der Waals surface area contributed by atoms with Gasteiger partial charge in [0.1, 0.15) is 5.75 Å². The SMILES string of the molecule is CC(=O)Oc1c(C)cc(C(=O)CCl)cc1C. The van der Waals surface area contributed by atoms with E-state index in [1.54, 1.807) is 26.0 Å². The molecule has 0 heterocycles. The summed E-state index contributed by atoms with van der Waals surface area (Å²) in [7, 11) is 0. The number of hydrogen-bond acceptors (Lipinski definition) is 3. The lowest BCUT2D eigenvalue weighted by molar-refractivity contribution is -0.131. The quantitative estimate of drug-likeness (QED) is 0.353. The molecule has 0 spiro atoms. The molecule has 16 heavy (non-hydrogen) atoms. The topological polar surface area (TPSA) is 43.4 Å². The highest BCUT2D eigenvalue weighted by Gasteiger charge is 2.12. The van der Waals surface area contributed by atoms with Crippen LogP contribution in [0.1, 0.15) is 28.4 Å². The second kappa shape index (κ2) is 5.12. The second-order valence-electron chi connectivity index (χ2n) is 3.59. The van der Waals surface area contributed by atoms with E-state index < -0.39 is 0 Å². The lowest BCUT2D eigenvalue weighted by Crippen LogP contribution is -2.07. The average Bonchev–Trinajstić information content (AvgIpc) is 2.21. The molecule has 0 unspecified atom stereocenters. The lowest BCUT2D eigenvalue weighted by Gasteiger charge is -2.10. The molecule has 86 valence electrons. The van der Waals surface area contributed by atoms with E-state index in [0.29, 0.717) is 11.3 Å². The minimum Gasteiger partial charge on any atom is -0.426 e. The fraction of sp³-hybridized carbons (Fsp3) is 0.333. The minimum absolute atomic E-state index is 0.0498. The summed E-state index contributed by atoms with van der Waals surface area (Å²) in [5.74, 6) is -0.0466. The molecule has 0 aliphatic carbocycles. The molecule has 1 aromatic rings. The van der Waals surface area contributed by atoms with Gasteiger partial charge in [-0.25, -0.2) is 0 Å². The summed E-state index contributed by atoms with van der Waals surface area (Å²) in [6.07, 6.45) is 0. The molecule has 4 heteroatoms. The van der Waals surface area contributed by atoms with Gasteiger partial charge in [-0.3, -0.25) is 9.59 Å². The van der Waals surface area contributed by atoms with Gasteiger partial charge in [0.15, 0.2) is 5.78 Å². The highest BCUT2D eigenvalue weighted by Crippen LogP contribution is 2.25. The molecular formula is C12H13ClO3. The first kappa shape index (κ1) is 12.7. The largest absolute Gasteiger partial charge is 0.426 e. The summed E-state index contributed by atoms with van der Waals surface area (Å²) in [4.78, 5) is 22.3. The predicted octanol–water partition coefficient (Wildman–Crippen LogP) is 2.65. The van der Waals surface area contributed by atoms with Gasteiger partial charge in [-0.2, -0.15) is 0 Å². The molecule has 1 aromatic carbocycles. The van der Waals surface area contributed by atoms with Crippen molar-refractivity contribution in [3.63, 3.8) is 0 Å². The Morgan fingerprint density at radius 2 is 1.75 bits per heavy atom. The first-order valence-corrected chi connectivity index (χ1v) is 5.38.